The van der Waals surface area contributed by atoms with Gasteiger partial charge in [-0.2, -0.15) is 0 Å². The average Bonchev–Trinajstić information content (AvgIpc) is 3.08. The van der Waals surface area contributed by atoms with Crippen LogP contribution >= 0.6 is 0 Å². The van der Waals surface area contributed by atoms with E-state index >= 15 is 0 Å². The fraction of sp³-hybridized carbons (Fsp3) is 0.316. The highest BCUT2D eigenvalue weighted by Crippen LogP contribution is 2.31. The van der Waals surface area contributed by atoms with Crippen LogP contribution in [0.25, 0.3) is 0 Å². The summed E-state index contributed by atoms with van der Waals surface area (Å²) in [5.74, 6) is 1.39. The minimum absolute atomic E-state index is 0.145. The second-order valence-electron chi connectivity index (χ2n) is 6.17. The Kier molecular flexibility index (Phi) is 4.09. The Bertz CT molecular complexity index is 773. The highest BCUT2D eigenvalue weighted by Gasteiger charge is 2.21. The molecule has 24 heavy (non-hydrogen) atoms. The lowest BCUT2D eigenvalue weighted by atomic mass is 10.0. The molecule has 1 atom stereocenters. The first-order valence-electron chi connectivity index (χ1n) is 8.26. The predicted octanol–water partition coefficient (Wildman–Crippen LogP) is 2.64. The zero-order valence-corrected chi connectivity index (χ0v) is 13.5. The molecule has 0 radical (unpaired) electrons. The van der Waals surface area contributed by atoms with E-state index in [0.717, 1.165) is 23.3 Å². The molecule has 124 valence electrons. The van der Waals surface area contributed by atoms with Gasteiger partial charge in [-0.1, -0.05) is 36.4 Å². The maximum atomic E-state index is 6.10. The lowest BCUT2D eigenvalue weighted by Crippen LogP contribution is -2.37. The molecule has 2 heterocycles. The van der Waals surface area contributed by atoms with Crippen molar-refractivity contribution in [3.63, 3.8) is 0 Å². The van der Waals surface area contributed by atoms with E-state index in [1.165, 1.54) is 11.1 Å². The van der Waals surface area contributed by atoms with Gasteiger partial charge in [0.05, 0.1) is 32.4 Å². The van der Waals surface area contributed by atoms with Crippen molar-refractivity contribution in [1.29, 1.82) is 0 Å². The molecule has 0 amide bonds. The standard InChI is InChI=1S/C19H21N3O2/c20-19(21-10-13-5-6-14-11-23-12-15(14)9-13)22-17-7-8-24-18-4-2-1-3-16(17)18/h1-6,9,17H,7-8,10-12H2,(H3,20,21,22). The van der Waals surface area contributed by atoms with Crippen LogP contribution in [0.15, 0.2) is 47.5 Å². The van der Waals surface area contributed by atoms with Crippen molar-refractivity contribution in [2.45, 2.75) is 32.2 Å². The zero-order chi connectivity index (χ0) is 16.4. The number of para-hydroxylation sites is 1. The second kappa shape index (κ2) is 6.53. The first kappa shape index (κ1) is 15.0. The van der Waals surface area contributed by atoms with Gasteiger partial charge in [0.1, 0.15) is 5.75 Å². The van der Waals surface area contributed by atoms with Crippen LogP contribution in [-0.2, 0) is 24.5 Å². The molecule has 2 aliphatic rings. The van der Waals surface area contributed by atoms with Gasteiger partial charge in [0.2, 0.25) is 0 Å². The summed E-state index contributed by atoms with van der Waals surface area (Å²) < 4.78 is 11.1. The SMILES string of the molecule is NC(=NCc1ccc2c(c1)COC2)NC1CCOc2ccccc21. The maximum absolute atomic E-state index is 6.10. The van der Waals surface area contributed by atoms with E-state index in [9.17, 15) is 0 Å². The molecule has 0 fully saturated rings. The van der Waals surface area contributed by atoms with Gasteiger partial charge in [-0.25, -0.2) is 4.99 Å². The van der Waals surface area contributed by atoms with Crippen molar-refractivity contribution in [1.82, 2.24) is 5.32 Å². The van der Waals surface area contributed by atoms with Gasteiger partial charge in [0.15, 0.2) is 5.96 Å². The van der Waals surface area contributed by atoms with Gasteiger partial charge in [-0.15, -0.1) is 0 Å². The number of nitrogens with two attached hydrogens (primary N) is 1. The van der Waals surface area contributed by atoms with E-state index in [0.29, 0.717) is 32.3 Å². The number of benzene rings is 2. The molecular weight excluding hydrogens is 302 g/mol. The second-order valence-corrected chi connectivity index (χ2v) is 6.17. The van der Waals surface area contributed by atoms with E-state index in [1.54, 1.807) is 0 Å². The fourth-order valence-corrected chi connectivity index (χ4v) is 3.22. The highest BCUT2D eigenvalue weighted by molar-refractivity contribution is 5.78. The molecule has 2 aromatic rings. The summed E-state index contributed by atoms with van der Waals surface area (Å²) in [6.07, 6.45) is 0.878. The number of nitrogens with one attached hydrogen (secondary N) is 1. The van der Waals surface area contributed by atoms with Crippen LogP contribution in [0.3, 0.4) is 0 Å². The number of guanidine groups is 1. The largest absolute Gasteiger partial charge is 0.493 e. The minimum Gasteiger partial charge on any atom is -0.493 e. The quantitative estimate of drug-likeness (QED) is 0.673. The fourth-order valence-electron chi connectivity index (χ4n) is 3.22. The smallest absolute Gasteiger partial charge is 0.189 e. The molecule has 0 saturated carbocycles. The number of hydrogen-bond donors (Lipinski definition) is 2. The molecule has 2 aliphatic heterocycles. The molecule has 4 rings (SSSR count). The van der Waals surface area contributed by atoms with Gasteiger partial charge in [-0.05, 0) is 22.8 Å². The van der Waals surface area contributed by atoms with Crippen molar-refractivity contribution < 1.29 is 9.47 Å². The lowest BCUT2D eigenvalue weighted by molar-refractivity contribution is 0.134. The van der Waals surface area contributed by atoms with E-state index in [1.807, 2.05) is 18.2 Å². The average molecular weight is 323 g/mol. The number of nitrogens with zero attached hydrogens (tertiary/aromatic N) is 1. The number of rotatable bonds is 3. The molecule has 0 bridgehead atoms. The van der Waals surface area contributed by atoms with E-state index < -0.39 is 0 Å². The zero-order valence-electron chi connectivity index (χ0n) is 13.5. The van der Waals surface area contributed by atoms with Crippen molar-refractivity contribution in [3.05, 3.63) is 64.7 Å². The van der Waals surface area contributed by atoms with E-state index in [4.69, 9.17) is 15.2 Å². The topological polar surface area (TPSA) is 68.9 Å². The van der Waals surface area contributed by atoms with Crippen LogP contribution < -0.4 is 15.8 Å². The Labute approximate surface area is 141 Å². The molecule has 0 spiro atoms. The molecule has 0 aliphatic carbocycles. The normalized spacial score (nSPS) is 19.3. The Morgan fingerprint density at radius 1 is 1.17 bits per heavy atom. The summed E-state index contributed by atoms with van der Waals surface area (Å²) in [4.78, 5) is 4.49. The van der Waals surface area contributed by atoms with Gasteiger partial charge >= 0.3 is 0 Å². The predicted molar refractivity (Wildman–Crippen MR) is 92.7 cm³/mol. The van der Waals surface area contributed by atoms with E-state index in [2.05, 4.69) is 34.6 Å². The summed E-state index contributed by atoms with van der Waals surface area (Å²) in [6.45, 7) is 2.66. The van der Waals surface area contributed by atoms with Crippen LogP contribution in [0.4, 0.5) is 0 Å². The summed E-state index contributed by atoms with van der Waals surface area (Å²) in [7, 11) is 0. The first-order chi connectivity index (χ1) is 11.8. The van der Waals surface area contributed by atoms with Gasteiger partial charge < -0.3 is 20.5 Å². The summed E-state index contributed by atoms with van der Waals surface area (Å²) in [6, 6.07) is 14.6. The molecule has 0 aromatic heterocycles. The molecule has 1 unspecified atom stereocenters. The van der Waals surface area contributed by atoms with Crippen molar-refractivity contribution in [3.8, 4) is 5.75 Å². The molecule has 5 nitrogen and oxygen atoms in total. The van der Waals surface area contributed by atoms with Crippen LogP contribution in [0.1, 0.15) is 34.7 Å². The summed E-state index contributed by atoms with van der Waals surface area (Å²) in [5, 5.41) is 3.32. The molecule has 3 N–H and O–H groups in total. The third-order valence-electron chi connectivity index (χ3n) is 4.50. The van der Waals surface area contributed by atoms with Crippen molar-refractivity contribution in [2.24, 2.45) is 10.7 Å². The van der Waals surface area contributed by atoms with Gasteiger partial charge in [-0.3, -0.25) is 0 Å². The van der Waals surface area contributed by atoms with Crippen LogP contribution in [0.2, 0.25) is 0 Å². The summed E-state index contributed by atoms with van der Waals surface area (Å²) in [5.41, 5.74) is 10.9. The Morgan fingerprint density at radius 3 is 3.00 bits per heavy atom. The minimum atomic E-state index is 0.145. The van der Waals surface area contributed by atoms with Crippen molar-refractivity contribution in [2.75, 3.05) is 6.61 Å². The van der Waals surface area contributed by atoms with Gasteiger partial charge in [0.25, 0.3) is 0 Å². The molecule has 2 aromatic carbocycles. The number of aliphatic imine (C=N–C) groups is 1. The Hall–Kier alpha value is -2.53. The maximum Gasteiger partial charge on any atom is 0.189 e. The van der Waals surface area contributed by atoms with Gasteiger partial charge in [0, 0.05) is 12.0 Å². The summed E-state index contributed by atoms with van der Waals surface area (Å²) >= 11 is 0. The Balaban J connectivity index is 1.43. The van der Waals surface area contributed by atoms with Crippen molar-refractivity contribution >= 4 is 5.96 Å². The number of fused-ring (bicyclic) bond motifs is 2. The highest BCUT2D eigenvalue weighted by atomic mass is 16.5. The number of ether oxygens (including phenoxy) is 2. The van der Waals surface area contributed by atoms with Crippen LogP contribution in [0, 0.1) is 0 Å². The first-order valence-corrected chi connectivity index (χ1v) is 8.26. The van der Waals surface area contributed by atoms with E-state index in [-0.39, 0.29) is 6.04 Å². The van der Waals surface area contributed by atoms with Crippen LogP contribution in [-0.4, -0.2) is 12.6 Å². The third-order valence-corrected chi connectivity index (χ3v) is 4.50. The molecular formula is C19H21N3O2. The molecule has 5 heteroatoms. The number of hydrogen-bond acceptors (Lipinski definition) is 3. The monoisotopic (exact) mass is 323 g/mol. The third kappa shape index (κ3) is 3.08. The lowest BCUT2D eigenvalue weighted by Gasteiger charge is -2.26. The van der Waals surface area contributed by atoms with Crippen LogP contribution in [0.5, 0.6) is 5.75 Å². The Morgan fingerprint density at radius 2 is 2.04 bits per heavy atom. The molecule has 0 saturated heterocycles.